The van der Waals surface area contributed by atoms with Crippen molar-refractivity contribution >= 4 is 53.3 Å². The van der Waals surface area contributed by atoms with Gasteiger partial charge in [-0.2, -0.15) is 0 Å². The molecule has 2 aromatic heterocycles. The highest BCUT2D eigenvalue weighted by Crippen LogP contribution is 2.69. The van der Waals surface area contributed by atoms with Gasteiger partial charge in [-0.25, -0.2) is 0 Å². The number of fused-ring (bicyclic) bond motifs is 9. The predicted molar refractivity (Wildman–Crippen MR) is 202 cm³/mol. The fourth-order valence-corrected chi connectivity index (χ4v) is 12.7. The number of hydrogen-bond acceptors (Lipinski definition) is 1. The highest BCUT2D eigenvalue weighted by atomic mass is 32.1. The molecular formula is C46H35NS. The van der Waals surface area contributed by atoms with Crippen molar-refractivity contribution < 1.29 is 0 Å². The number of thiophene rings is 1. The van der Waals surface area contributed by atoms with Gasteiger partial charge in [0.1, 0.15) is 0 Å². The van der Waals surface area contributed by atoms with Crippen LogP contribution in [-0.4, -0.2) is 4.57 Å². The Bertz CT molecular complexity index is 2620. The summed E-state index contributed by atoms with van der Waals surface area (Å²) < 4.78 is 5.28. The van der Waals surface area contributed by atoms with Crippen LogP contribution >= 0.6 is 11.3 Å². The molecule has 4 bridgehead atoms. The van der Waals surface area contributed by atoms with E-state index in [1.165, 1.54) is 102 Å². The maximum atomic E-state index is 2.64. The molecular weight excluding hydrogens is 599 g/mol. The van der Waals surface area contributed by atoms with Gasteiger partial charge in [0, 0.05) is 42.0 Å². The number of hydrogen-bond donors (Lipinski definition) is 0. The average Bonchev–Trinajstić information content (AvgIpc) is 3.76. The second kappa shape index (κ2) is 9.27. The number of rotatable bonds is 2. The molecule has 0 aliphatic heterocycles. The van der Waals surface area contributed by atoms with Crippen LogP contribution in [0.25, 0.3) is 69.9 Å². The molecule has 0 unspecified atom stereocenters. The Kier molecular flexibility index (Phi) is 5.08. The second-order valence-corrected chi connectivity index (χ2v) is 16.4. The van der Waals surface area contributed by atoms with E-state index in [0.717, 1.165) is 23.7 Å². The van der Waals surface area contributed by atoms with Gasteiger partial charge < -0.3 is 4.57 Å². The quantitative estimate of drug-likeness (QED) is 0.178. The predicted octanol–water partition coefficient (Wildman–Crippen LogP) is 12.5. The van der Waals surface area contributed by atoms with Gasteiger partial charge >= 0.3 is 0 Å². The summed E-state index contributed by atoms with van der Waals surface area (Å²) in [7, 11) is 0. The van der Waals surface area contributed by atoms with Crippen molar-refractivity contribution in [3.63, 3.8) is 0 Å². The minimum absolute atomic E-state index is 0.165. The number of para-hydroxylation sites is 1. The van der Waals surface area contributed by atoms with Crippen LogP contribution in [0.1, 0.15) is 43.2 Å². The Morgan fingerprint density at radius 3 is 2.02 bits per heavy atom. The van der Waals surface area contributed by atoms with Gasteiger partial charge in [-0.1, -0.05) is 84.9 Å². The van der Waals surface area contributed by atoms with Crippen molar-refractivity contribution in [1.29, 1.82) is 0 Å². The first-order valence-corrected chi connectivity index (χ1v) is 18.8. The van der Waals surface area contributed by atoms with E-state index in [2.05, 4.69) is 132 Å². The summed E-state index contributed by atoms with van der Waals surface area (Å²) in [6.07, 6.45) is 7.12. The molecule has 48 heavy (non-hydrogen) atoms. The molecule has 6 aromatic carbocycles. The van der Waals surface area contributed by atoms with Crippen molar-refractivity contribution in [2.75, 3.05) is 0 Å². The summed E-state index contributed by atoms with van der Waals surface area (Å²) in [6.45, 7) is 0. The van der Waals surface area contributed by atoms with Gasteiger partial charge in [0.15, 0.2) is 0 Å². The second-order valence-electron chi connectivity index (χ2n) is 15.3. The lowest BCUT2D eigenvalue weighted by molar-refractivity contribution is -0.0399. The van der Waals surface area contributed by atoms with E-state index < -0.39 is 0 Å². The Morgan fingerprint density at radius 2 is 1.15 bits per heavy atom. The van der Waals surface area contributed by atoms with Crippen molar-refractivity contribution in [2.24, 2.45) is 23.7 Å². The van der Waals surface area contributed by atoms with E-state index in [1.54, 1.807) is 11.1 Å². The molecule has 5 aliphatic rings. The molecule has 0 saturated heterocycles. The van der Waals surface area contributed by atoms with Crippen LogP contribution in [0.5, 0.6) is 0 Å². The number of aromatic nitrogens is 1. The summed E-state index contributed by atoms with van der Waals surface area (Å²) in [5, 5.41) is 5.36. The first kappa shape index (κ1) is 26.3. The smallest absolute Gasteiger partial charge is 0.0547 e. The Balaban J connectivity index is 1.09. The van der Waals surface area contributed by atoms with E-state index in [1.807, 2.05) is 11.3 Å². The number of benzene rings is 6. The first-order valence-electron chi connectivity index (χ1n) is 17.9. The van der Waals surface area contributed by atoms with E-state index in [9.17, 15) is 0 Å². The monoisotopic (exact) mass is 633 g/mol. The molecule has 0 amide bonds. The van der Waals surface area contributed by atoms with Crippen LogP contribution in [0.3, 0.4) is 0 Å². The van der Waals surface area contributed by atoms with Gasteiger partial charge in [-0.3, -0.25) is 0 Å². The largest absolute Gasteiger partial charge is 0.309 e. The lowest BCUT2D eigenvalue weighted by atomic mass is 9.43. The highest BCUT2D eigenvalue weighted by Gasteiger charge is 2.61. The van der Waals surface area contributed by atoms with E-state index >= 15 is 0 Å². The van der Waals surface area contributed by atoms with Crippen molar-refractivity contribution in [1.82, 2.24) is 4.57 Å². The van der Waals surface area contributed by atoms with Crippen LogP contribution in [0, 0.1) is 23.7 Å². The maximum absolute atomic E-state index is 2.64. The SMILES string of the molecule is c1ccc2c(c1)-c1ccc(-n3c4ccccc4c4ccc(-c5ccc6sc7ccccc7c6c5)cc43)cc1C21C2CC3CC(C2)CC1C3. The van der Waals surface area contributed by atoms with Crippen LogP contribution in [0.4, 0.5) is 0 Å². The average molecular weight is 634 g/mol. The lowest BCUT2D eigenvalue weighted by Gasteiger charge is -2.61. The molecule has 8 aromatic rings. The molecule has 1 nitrogen and oxygen atoms in total. The zero-order valence-electron chi connectivity index (χ0n) is 26.8. The maximum Gasteiger partial charge on any atom is 0.0547 e. The van der Waals surface area contributed by atoms with Gasteiger partial charge in [-0.15, -0.1) is 11.3 Å². The third-order valence-corrected chi connectivity index (χ3v) is 14.3. The molecule has 0 radical (unpaired) electrons. The third-order valence-electron chi connectivity index (χ3n) is 13.2. The van der Waals surface area contributed by atoms with Crippen molar-refractivity contribution in [3.8, 4) is 27.9 Å². The summed E-state index contributed by atoms with van der Waals surface area (Å²) >= 11 is 1.89. The number of nitrogens with zero attached hydrogens (tertiary/aromatic N) is 1. The molecule has 2 heteroatoms. The Labute approximate surface area is 284 Å². The fourth-order valence-electron chi connectivity index (χ4n) is 11.6. The molecule has 4 saturated carbocycles. The van der Waals surface area contributed by atoms with Crippen LogP contribution in [0.15, 0.2) is 127 Å². The van der Waals surface area contributed by atoms with Crippen LogP contribution < -0.4 is 0 Å². The van der Waals surface area contributed by atoms with Crippen molar-refractivity contribution in [3.05, 3.63) is 139 Å². The van der Waals surface area contributed by atoms with Crippen LogP contribution in [-0.2, 0) is 5.41 Å². The van der Waals surface area contributed by atoms with E-state index in [0.29, 0.717) is 0 Å². The zero-order valence-corrected chi connectivity index (χ0v) is 27.6. The summed E-state index contributed by atoms with van der Waals surface area (Å²) in [4.78, 5) is 0. The first-order chi connectivity index (χ1) is 23.7. The Hall–Kier alpha value is -4.66. The van der Waals surface area contributed by atoms with E-state index in [4.69, 9.17) is 0 Å². The third kappa shape index (κ3) is 3.27. The summed E-state index contributed by atoms with van der Waals surface area (Å²) in [6, 6.07) is 49.0. The summed E-state index contributed by atoms with van der Waals surface area (Å²) in [5.41, 5.74) is 12.8. The molecule has 2 heterocycles. The van der Waals surface area contributed by atoms with Gasteiger partial charge in [0.05, 0.1) is 11.0 Å². The van der Waals surface area contributed by atoms with Gasteiger partial charge in [0.25, 0.3) is 0 Å². The molecule has 13 rings (SSSR count). The van der Waals surface area contributed by atoms with Crippen molar-refractivity contribution in [2.45, 2.75) is 37.5 Å². The molecule has 1 spiro atoms. The lowest BCUT2D eigenvalue weighted by Crippen LogP contribution is -2.55. The Morgan fingerprint density at radius 1 is 0.479 bits per heavy atom. The zero-order chi connectivity index (χ0) is 31.1. The highest BCUT2D eigenvalue weighted by molar-refractivity contribution is 7.25. The van der Waals surface area contributed by atoms with Gasteiger partial charge in [-0.05, 0) is 132 Å². The topological polar surface area (TPSA) is 4.93 Å². The molecule has 5 aliphatic carbocycles. The molecule has 0 N–H and O–H groups in total. The molecule has 4 fully saturated rings. The normalized spacial score (nSPS) is 25.2. The standard InChI is InChI=1S/C46H35NS/c1-4-10-40-34(7-1)35-17-15-33(26-41(35)46(40)31-20-27-19-28(22-31)23-32(46)21-27)47-42-11-5-2-8-36(42)37-16-13-30(25-43(37)47)29-14-18-45-39(24-29)38-9-3-6-12-44(38)48-45/h1-18,24-28,31-32H,19-23H2. The fraction of sp³-hybridized carbons (Fsp3) is 0.217. The molecule has 0 atom stereocenters. The minimum atomic E-state index is 0.165. The minimum Gasteiger partial charge on any atom is -0.309 e. The summed E-state index contributed by atoms with van der Waals surface area (Å²) in [5.74, 6) is 3.41. The van der Waals surface area contributed by atoms with E-state index in [-0.39, 0.29) is 5.41 Å². The van der Waals surface area contributed by atoms with Gasteiger partial charge in [0.2, 0.25) is 0 Å². The molecule has 230 valence electrons. The van der Waals surface area contributed by atoms with Crippen LogP contribution in [0.2, 0.25) is 0 Å².